The zero-order valence-electron chi connectivity index (χ0n) is 17.3. The molecule has 1 aliphatic heterocycles. The van der Waals surface area contributed by atoms with Crippen LogP contribution < -0.4 is 0 Å². The van der Waals surface area contributed by atoms with Crippen molar-refractivity contribution in [2.75, 3.05) is 19.7 Å². The highest BCUT2D eigenvalue weighted by Gasteiger charge is 2.26. The Kier molecular flexibility index (Phi) is 8.22. The molecule has 1 aliphatic rings. The van der Waals surface area contributed by atoms with Gasteiger partial charge in [-0.3, -0.25) is 4.90 Å². The molecular weight excluding hydrogens is 407 g/mol. The zero-order valence-corrected chi connectivity index (χ0v) is 18.1. The lowest BCUT2D eigenvalue weighted by Crippen LogP contribution is -2.39. The Morgan fingerprint density at radius 1 is 1.20 bits per heavy atom. The highest BCUT2D eigenvalue weighted by atomic mass is 35.5. The SMILES string of the molecule is CC(C)OC[C@@H](O)CN(Cc1ccc(F)cc1)C[C@@H]1CC(c2ccc(Cl)cc2)=NO1. The highest BCUT2D eigenvalue weighted by Crippen LogP contribution is 2.20. The third-order valence-electron chi connectivity index (χ3n) is 4.78. The predicted octanol–water partition coefficient (Wildman–Crippen LogP) is 4.26. The molecule has 30 heavy (non-hydrogen) atoms. The maximum absolute atomic E-state index is 13.3. The topological polar surface area (TPSA) is 54.3 Å². The maximum atomic E-state index is 13.3. The van der Waals surface area contributed by atoms with Gasteiger partial charge in [0.1, 0.15) is 11.9 Å². The van der Waals surface area contributed by atoms with Crippen LogP contribution in [0.3, 0.4) is 0 Å². The van der Waals surface area contributed by atoms with Crippen LogP contribution in [-0.2, 0) is 16.1 Å². The van der Waals surface area contributed by atoms with Crippen LogP contribution in [0.1, 0.15) is 31.4 Å². The Balaban J connectivity index is 1.61. The third-order valence-corrected chi connectivity index (χ3v) is 5.03. The van der Waals surface area contributed by atoms with Gasteiger partial charge in [0.2, 0.25) is 0 Å². The summed E-state index contributed by atoms with van der Waals surface area (Å²) in [6.07, 6.45) is -0.0425. The summed E-state index contributed by atoms with van der Waals surface area (Å²) in [5.74, 6) is -0.268. The van der Waals surface area contributed by atoms with Crippen molar-refractivity contribution in [1.29, 1.82) is 0 Å². The van der Waals surface area contributed by atoms with E-state index in [2.05, 4.69) is 10.1 Å². The van der Waals surface area contributed by atoms with Crippen LogP contribution >= 0.6 is 11.6 Å². The first-order chi connectivity index (χ1) is 14.4. The molecule has 1 N–H and O–H groups in total. The summed E-state index contributed by atoms with van der Waals surface area (Å²) in [6.45, 7) is 5.69. The van der Waals surface area contributed by atoms with Crippen LogP contribution in [-0.4, -0.2) is 53.7 Å². The third kappa shape index (κ3) is 7.06. The molecule has 2 aromatic rings. The van der Waals surface area contributed by atoms with Crippen molar-refractivity contribution in [2.45, 2.75) is 45.1 Å². The molecule has 0 spiro atoms. The monoisotopic (exact) mass is 434 g/mol. The van der Waals surface area contributed by atoms with Gasteiger partial charge in [-0.2, -0.15) is 0 Å². The van der Waals surface area contributed by atoms with Gasteiger partial charge in [-0.25, -0.2) is 4.39 Å². The fourth-order valence-corrected chi connectivity index (χ4v) is 3.46. The molecule has 0 aliphatic carbocycles. The molecular formula is C23H28ClFN2O3. The van der Waals surface area contributed by atoms with Gasteiger partial charge in [0, 0.05) is 31.1 Å². The van der Waals surface area contributed by atoms with E-state index >= 15 is 0 Å². The summed E-state index contributed by atoms with van der Waals surface area (Å²) < 4.78 is 18.8. The van der Waals surface area contributed by atoms with Crippen LogP contribution in [0, 0.1) is 5.82 Å². The second-order valence-corrected chi connectivity index (χ2v) is 8.27. The Morgan fingerprint density at radius 2 is 1.90 bits per heavy atom. The molecule has 1 heterocycles. The Bertz CT molecular complexity index is 827. The molecule has 0 aromatic heterocycles. The summed E-state index contributed by atoms with van der Waals surface area (Å²) in [6, 6.07) is 13.9. The quantitative estimate of drug-likeness (QED) is 0.607. The van der Waals surface area contributed by atoms with Crippen LogP contribution in [0.5, 0.6) is 0 Å². The largest absolute Gasteiger partial charge is 0.390 e. The number of halogens is 2. The van der Waals surface area contributed by atoms with Crippen molar-refractivity contribution in [1.82, 2.24) is 4.90 Å². The number of hydrogen-bond donors (Lipinski definition) is 1. The molecule has 2 atom stereocenters. The lowest BCUT2D eigenvalue weighted by atomic mass is 10.0. The van der Waals surface area contributed by atoms with Gasteiger partial charge >= 0.3 is 0 Å². The number of ether oxygens (including phenoxy) is 1. The van der Waals surface area contributed by atoms with Crippen LogP contribution in [0.4, 0.5) is 4.39 Å². The molecule has 0 bridgehead atoms. The summed E-state index contributed by atoms with van der Waals surface area (Å²) in [5, 5.41) is 15.3. The minimum atomic E-state index is -0.633. The van der Waals surface area contributed by atoms with E-state index in [0.717, 1.165) is 16.8 Å². The lowest BCUT2D eigenvalue weighted by Gasteiger charge is -2.27. The van der Waals surface area contributed by atoms with E-state index < -0.39 is 6.10 Å². The van der Waals surface area contributed by atoms with E-state index in [1.807, 2.05) is 38.1 Å². The Morgan fingerprint density at radius 3 is 2.57 bits per heavy atom. The minimum Gasteiger partial charge on any atom is -0.390 e. The van der Waals surface area contributed by atoms with Crippen molar-refractivity contribution in [2.24, 2.45) is 5.16 Å². The van der Waals surface area contributed by atoms with Gasteiger partial charge in [0.15, 0.2) is 0 Å². The smallest absolute Gasteiger partial charge is 0.145 e. The predicted molar refractivity (Wildman–Crippen MR) is 116 cm³/mol. The molecule has 0 radical (unpaired) electrons. The molecule has 0 unspecified atom stereocenters. The van der Waals surface area contributed by atoms with Gasteiger partial charge in [-0.15, -0.1) is 0 Å². The molecule has 0 saturated carbocycles. The molecule has 162 valence electrons. The van der Waals surface area contributed by atoms with Gasteiger partial charge in [0.25, 0.3) is 0 Å². The average Bonchev–Trinajstić information content (AvgIpc) is 3.17. The maximum Gasteiger partial charge on any atom is 0.145 e. The first-order valence-corrected chi connectivity index (χ1v) is 10.5. The molecule has 0 fully saturated rings. The Labute approximate surface area is 182 Å². The van der Waals surface area contributed by atoms with E-state index in [9.17, 15) is 9.50 Å². The number of oxime groups is 1. The molecule has 0 amide bonds. The van der Waals surface area contributed by atoms with Gasteiger partial charge in [-0.05, 0) is 49.2 Å². The van der Waals surface area contributed by atoms with Crippen molar-refractivity contribution < 1.29 is 19.1 Å². The number of benzene rings is 2. The fourth-order valence-electron chi connectivity index (χ4n) is 3.33. The van der Waals surface area contributed by atoms with Crippen molar-refractivity contribution in [3.05, 3.63) is 70.5 Å². The molecule has 7 heteroatoms. The molecule has 2 aromatic carbocycles. The lowest BCUT2D eigenvalue weighted by molar-refractivity contribution is -0.0194. The number of aliphatic hydroxyl groups excluding tert-OH is 1. The van der Waals surface area contributed by atoms with Crippen molar-refractivity contribution >= 4 is 17.3 Å². The van der Waals surface area contributed by atoms with Gasteiger partial charge in [-0.1, -0.05) is 41.0 Å². The zero-order chi connectivity index (χ0) is 21.5. The van der Waals surface area contributed by atoms with Crippen molar-refractivity contribution in [3.63, 3.8) is 0 Å². The summed E-state index contributed by atoms with van der Waals surface area (Å²) in [7, 11) is 0. The van der Waals surface area contributed by atoms with E-state index in [0.29, 0.717) is 31.1 Å². The highest BCUT2D eigenvalue weighted by molar-refractivity contribution is 6.30. The summed E-state index contributed by atoms with van der Waals surface area (Å²) >= 11 is 5.96. The van der Waals surface area contributed by atoms with Crippen LogP contribution in [0.25, 0.3) is 0 Å². The average molecular weight is 435 g/mol. The van der Waals surface area contributed by atoms with E-state index in [-0.39, 0.29) is 24.6 Å². The number of nitrogens with zero attached hydrogens (tertiary/aromatic N) is 2. The first kappa shape index (κ1) is 22.7. The van der Waals surface area contributed by atoms with E-state index in [1.165, 1.54) is 12.1 Å². The second-order valence-electron chi connectivity index (χ2n) is 7.83. The standard InChI is InChI=1S/C23H28ClFN2O3/c1-16(2)29-15-21(28)13-27(12-17-3-9-20(25)10-4-17)14-22-11-23(26-30-22)18-5-7-19(24)8-6-18/h3-10,16,21-22,28H,11-15H2,1-2H3/t21-,22-/m0/s1. The van der Waals surface area contributed by atoms with Crippen LogP contribution in [0.2, 0.25) is 5.02 Å². The normalized spacial score (nSPS) is 17.3. The Hall–Kier alpha value is -1.99. The van der Waals surface area contributed by atoms with E-state index in [4.69, 9.17) is 21.2 Å². The number of hydrogen-bond acceptors (Lipinski definition) is 5. The first-order valence-electron chi connectivity index (χ1n) is 10.1. The van der Waals surface area contributed by atoms with E-state index in [1.54, 1.807) is 12.1 Å². The molecule has 3 rings (SSSR count). The number of rotatable bonds is 10. The van der Waals surface area contributed by atoms with Gasteiger partial charge in [0.05, 0.1) is 24.5 Å². The summed E-state index contributed by atoms with van der Waals surface area (Å²) in [5.41, 5.74) is 2.82. The minimum absolute atomic E-state index is 0.0543. The molecule has 0 saturated heterocycles. The fraction of sp³-hybridized carbons (Fsp3) is 0.435. The summed E-state index contributed by atoms with van der Waals surface area (Å²) in [4.78, 5) is 7.75. The number of aliphatic hydroxyl groups is 1. The van der Waals surface area contributed by atoms with Crippen molar-refractivity contribution in [3.8, 4) is 0 Å². The van der Waals surface area contributed by atoms with Crippen LogP contribution in [0.15, 0.2) is 53.7 Å². The van der Waals surface area contributed by atoms with Gasteiger partial charge < -0.3 is 14.7 Å². The molecule has 5 nitrogen and oxygen atoms in total. The second kappa shape index (κ2) is 10.9.